The molecule has 4 rings (SSSR count). The third kappa shape index (κ3) is 5.09. The van der Waals surface area contributed by atoms with Gasteiger partial charge in [0.2, 0.25) is 0 Å². The highest BCUT2D eigenvalue weighted by atomic mass is 15.3. The zero-order valence-corrected chi connectivity index (χ0v) is 19.0. The Kier molecular flexibility index (Phi) is 7.10. The van der Waals surface area contributed by atoms with Gasteiger partial charge in [-0.3, -0.25) is 4.99 Å². The van der Waals surface area contributed by atoms with Crippen molar-refractivity contribution < 1.29 is 0 Å². The molecule has 0 bridgehead atoms. The van der Waals surface area contributed by atoms with Crippen LogP contribution >= 0.6 is 0 Å². The molecule has 3 N–H and O–H groups in total. The number of aliphatic imine (C=N–C) groups is 1. The van der Waals surface area contributed by atoms with Crippen molar-refractivity contribution in [1.29, 1.82) is 5.26 Å². The Labute approximate surface area is 194 Å². The van der Waals surface area contributed by atoms with Gasteiger partial charge in [0.05, 0.1) is 11.4 Å². The summed E-state index contributed by atoms with van der Waals surface area (Å²) in [6.45, 7) is 4.52. The summed E-state index contributed by atoms with van der Waals surface area (Å²) >= 11 is 0. The van der Waals surface area contributed by atoms with Crippen LogP contribution in [0, 0.1) is 11.3 Å². The number of nitrogens with one attached hydrogen (secondary N) is 1. The minimum atomic E-state index is 0.388. The molecule has 170 valence electrons. The molecule has 8 nitrogen and oxygen atoms in total. The quantitative estimate of drug-likeness (QED) is 0.346. The molecule has 0 aliphatic carbocycles. The Balaban J connectivity index is 1.29. The zero-order chi connectivity index (χ0) is 23.0. The van der Waals surface area contributed by atoms with Crippen LogP contribution < -0.4 is 16.0 Å². The van der Waals surface area contributed by atoms with Gasteiger partial charge in [0.1, 0.15) is 17.5 Å². The molecular formula is C25H30N8. The highest BCUT2D eigenvalue weighted by molar-refractivity contribution is 5.80. The Morgan fingerprint density at radius 3 is 2.27 bits per heavy atom. The third-order valence-corrected chi connectivity index (χ3v) is 5.89. The van der Waals surface area contributed by atoms with E-state index in [4.69, 9.17) is 5.73 Å². The predicted octanol–water partition coefficient (Wildman–Crippen LogP) is 2.66. The van der Waals surface area contributed by atoms with Crippen LogP contribution in [0.1, 0.15) is 17.7 Å². The van der Waals surface area contributed by atoms with Gasteiger partial charge in [-0.2, -0.15) is 10.4 Å². The van der Waals surface area contributed by atoms with Crippen LogP contribution in [0.2, 0.25) is 0 Å². The number of hydrogen-bond donors (Lipinski definition) is 2. The summed E-state index contributed by atoms with van der Waals surface area (Å²) in [6.07, 6.45) is 1.49. The molecular weight excluding hydrogens is 412 g/mol. The number of guanidine groups is 1. The van der Waals surface area contributed by atoms with Gasteiger partial charge in [-0.05, 0) is 37.1 Å². The summed E-state index contributed by atoms with van der Waals surface area (Å²) in [6, 6.07) is 22.4. The van der Waals surface area contributed by atoms with Crippen LogP contribution in [-0.4, -0.2) is 60.4 Å². The van der Waals surface area contributed by atoms with E-state index in [1.165, 1.54) is 5.69 Å². The normalized spacial score (nSPS) is 14.2. The van der Waals surface area contributed by atoms with Gasteiger partial charge in [-0.25, -0.2) is 4.68 Å². The average molecular weight is 443 g/mol. The van der Waals surface area contributed by atoms with E-state index in [1.54, 1.807) is 4.68 Å². The van der Waals surface area contributed by atoms with Crippen molar-refractivity contribution in [3.05, 3.63) is 71.9 Å². The fourth-order valence-corrected chi connectivity index (χ4v) is 4.14. The molecule has 33 heavy (non-hydrogen) atoms. The van der Waals surface area contributed by atoms with E-state index in [1.807, 2.05) is 43.4 Å². The van der Waals surface area contributed by atoms with Gasteiger partial charge in [0, 0.05) is 45.5 Å². The van der Waals surface area contributed by atoms with Gasteiger partial charge in [-0.1, -0.05) is 36.4 Å². The molecule has 1 aliphatic rings. The summed E-state index contributed by atoms with van der Waals surface area (Å²) in [4.78, 5) is 9.16. The Bertz CT molecular complexity index is 1110. The number of anilines is 2. The van der Waals surface area contributed by atoms with Gasteiger partial charge >= 0.3 is 0 Å². The maximum absolute atomic E-state index is 9.59. The highest BCUT2D eigenvalue weighted by Crippen LogP contribution is 2.21. The molecule has 2 aromatic carbocycles. The summed E-state index contributed by atoms with van der Waals surface area (Å²) in [5.74, 6) is 1.30. The van der Waals surface area contributed by atoms with Crippen molar-refractivity contribution in [1.82, 2.24) is 20.0 Å². The van der Waals surface area contributed by atoms with Gasteiger partial charge in [0.15, 0.2) is 5.96 Å². The van der Waals surface area contributed by atoms with E-state index < -0.39 is 0 Å². The number of nitrogens with two attached hydrogens (primary N) is 1. The topological polar surface area (TPSA) is 98.5 Å². The predicted molar refractivity (Wildman–Crippen MR) is 133 cm³/mol. The molecule has 1 saturated heterocycles. The van der Waals surface area contributed by atoms with E-state index in [-0.39, 0.29) is 0 Å². The first-order valence-corrected chi connectivity index (χ1v) is 11.3. The number of rotatable bonds is 6. The average Bonchev–Trinajstić information content (AvgIpc) is 3.20. The minimum absolute atomic E-state index is 0.388. The van der Waals surface area contributed by atoms with Crippen molar-refractivity contribution in [3.8, 4) is 11.8 Å². The molecule has 1 aliphatic heterocycles. The van der Waals surface area contributed by atoms with Gasteiger partial charge < -0.3 is 20.9 Å². The summed E-state index contributed by atoms with van der Waals surface area (Å²) < 4.78 is 1.65. The summed E-state index contributed by atoms with van der Waals surface area (Å²) in [7, 11) is 1.82. The highest BCUT2D eigenvalue weighted by Gasteiger charge is 2.20. The lowest BCUT2D eigenvalue weighted by atomic mass is 10.1. The van der Waals surface area contributed by atoms with E-state index in [9.17, 15) is 5.26 Å². The monoisotopic (exact) mass is 442 g/mol. The number of aromatic nitrogens is 2. The first-order chi connectivity index (χ1) is 16.2. The second-order valence-corrected chi connectivity index (χ2v) is 7.95. The summed E-state index contributed by atoms with van der Waals surface area (Å²) in [5.41, 5.74) is 9.51. The van der Waals surface area contributed by atoms with Gasteiger partial charge in [-0.15, -0.1) is 0 Å². The summed E-state index contributed by atoms with van der Waals surface area (Å²) in [5, 5.41) is 17.7. The second kappa shape index (κ2) is 10.6. The lowest BCUT2D eigenvalue weighted by Crippen LogP contribution is -2.52. The number of nitrogen functional groups attached to an aromatic ring is 1. The van der Waals surface area contributed by atoms with Crippen LogP contribution in [-0.2, 0) is 6.42 Å². The second-order valence-electron chi connectivity index (χ2n) is 7.95. The number of para-hydroxylation sites is 2. The van der Waals surface area contributed by atoms with E-state index in [2.05, 4.69) is 55.5 Å². The standard InChI is InChI=1S/C25H30N8/c1-28-25(32-17-15-31(16-18-32)20-9-4-2-5-10-20)29-14-8-13-23-22(19-26)24(27)33(30-23)21-11-6-3-7-12-21/h2-7,9-12H,8,13-18,27H2,1H3,(H,28,29). The number of hydrogen-bond acceptors (Lipinski definition) is 5. The molecule has 1 aromatic heterocycles. The van der Waals surface area contributed by atoms with Crippen LogP contribution in [0.25, 0.3) is 5.69 Å². The lowest BCUT2D eigenvalue weighted by Gasteiger charge is -2.37. The molecule has 0 radical (unpaired) electrons. The fourth-order valence-electron chi connectivity index (χ4n) is 4.14. The Morgan fingerprint density at radius 2 is 1.67 bits per heavy atom. The van der Waals surface area contributed by atoms with Crippen LogP contribution in [0.5, 0.6) is 0 Å². The number of piperazine rings is 1. The first kappa shape index (κ1) is 22.2. The molecule has 3 aromatic rings. The van der Waals surface area contributed by atoms with Crippen LogP contribution in [0.4, 0.5) is 11.5 Å². The maximum atomic E-state index is 9.59. The van der Waals surface area contributed by atoms with Crippen molar-refractivity contribution in [2.75, 3.05) is 50.4 Å². The van der Waals surface area contributed by atoms with Crippen molar-refractivity contribution in [3.63, 3.8) is 0 Å². The fraction of sp³-hybridized carbons (Fsp3) is 0.320. The number of nitrogens with zero attached hydrogens (tertiary/aromatic N) is 6. The first-order valence-electron chi connectivity index (χ1n) is 11.3. The number of benzene rings is 2. The maximum Gasteiger partial charge on any atom is 0.193 e. The molecule has 0 amide bonds. The lowest BCUT2D eigenvalue weighted by molar-refractivity contribution is 0.372. The molecule has 0 atom stereocenters. The molecule has 0 spiro atoms. The Hall–Kier alpha value is -3.99. The van der Waals surface area contributed by atoms with E-state index in [0.717, 1.165) is 56.5 Å². The SMILES string of the molecule is CN=C(NCCCc1nn(-c2ccccc2)c(N)c1C#N)N1CCN(c2ccccc2)CC1. The van der Waals surface area contributed by atoms with Gasteiger partial charge in [0.25, 0.3) is 0 Å². The third-order valence-electron chi connectivity index (χ3n) is 5.89. The zero-order valence-electron chi connectivity index (χ0n) is 19.0. The number of aryl methyl sites for hydroxylation is 1. The molecule has 0 unspecified atom stereocenters. The molecule has 8 heteroatoms. The van der Waals surface area contributed by atoms with Crippen LogP contribution in [0.3, 0.4) is 0 Å². The molecule has 2 heterocycles. The smallest absolute Gasteiger partial charge is 0.193 e. The van der Waals surface area contributed by atoms with E-state index >= 15 is 0 Å². The van der Waals surface area contributed by atoms with Crippen molar-refractivity contribution in [2.24, 2.45) is 4.99 Å². The van der Waals surface area contributed by atoms with E-state index in [0.29, 0.717) is 17.8 Å². The minimum Gasteiger partial charge on any atom is -0.382 e. The van der Waals surface area contributed by atoms with Crippen molar-refractivity contribution >= 4 is 17.5 Å². The largest absolute Gasteiger partial charge is 0.382 e. The molecule has 0 saturated carbocycles. The van der Waals surface area contributed by atoms with Crippen molar-refractivity contribution in [2.45, 2.75) is 12.8 Å². The van der Waals surface area contributed by atoms with Crippen LogP contribution in [0.15, 0.2) is 65.7 Å². The molecule has 1 fully saturated rings. The number of nitriles is 1. The Morgan fingerprint density at radius 1 is 1.03 bits per heavy atom.